The molecule has 0 atom stereocenters. The Bertz CT molecular complexity index is 831. The highest BCUT2D eigenvalue weighted by Crippen LogP contribution is 2.33. The van der Waals surface area contributed by atoms with Crippen LogP contribution in [0.25, 0.3) is 11.3 Å². The quantitative estimate of drug-likeness (QED) is 0.658. The van der Waals surface area contributed by atoms with Crippen molar-refractivity contribution in [2.75, 3.05) is 0 Å². The van der Waals surface area contributed by atoms with E-state index in [1.807, 2.05) is 42.5 Å². The van der Waals surface area contributed by atoms with E-state index in [2.05, 4.69) is 4.98 Å². The Morgan fingerprint density at radius 2 is 1.83 bits per heavy atom. The molecule has 1 heterocycles. The van der Waals surface area contributed by atoms with Gasteiger partial charge in [-0.1, -0.05) is 41.9 Å². The van der Waals surface area contributed by atoms with Crippen LogP contribution in [0, 0.1) is 0 Å². The summed E-state index contributed by atoms with van der Waals surface area (Å²) in [4.78, 5) is 16.4. The second-order valence-electron chi connectivity index (χ2n) is 5.07. The topological polar surface area (TPSA) is 63.3 Å². The maximum atomic E-state index is 10.9. The monoisotopic (exact) mass is 359 g/mol. The van der Waals surface area contributed by atoms with Crippen molar-refractivity contribution in [3.05, 3.63) is 65.4 Å². The number of carboxylic acids is 1. The second-order valence-corrected chi connectivity index (χ2v) is 6.53. The molecule has 3 rings (SSSR count). The van der Waals surface area contributed by atoms with E-state index in [1.54, 1.807) is 12.1 Å². The Kier molecular flexibility index (Phi) is 5.23. The Hall–Kier alpha value is -2.24. The van der Waals surface area contributed by atoms with Gasteiger partial charge in [0.25, 0.3) is 5.22 Å². The third-order valence-electron chi connectivity index (χ3n) is 3.31. The van der Waals surface area contributed by atoms with E-state index in [0.717, 1.165) is 10.5 Å². The molecule has 0 saturated carbocycles. The summed E-state index contributed by atoms with van der Waals surface area (Å²) in [5, 5.41) is 10.1. The highest BCUT2D eigenvalue weighted by molar-refractivity contribution is 7.99. The van der Waals surface area contributed by atoms with E-state index in [0.29, 0.717) is 21.7 Å². The van der Waals surface area contributed by atoms with Gasteiger partial charge < -0.3 is 9.52 Å². The summed E-state index contributed by atoms with van der Waals surface area (Å²) in [6, 6.07) is 17.0. The highest BCUT2D eigenvalue weighted by Gasteiger charge is 2.17. The number of halogens is 1. The summed E-state index contributed by atoms with van der Waals surface area (Å²) in [5.41, 5.74) is 1.51. The van der Waals surface area contributed by atoms with Crippen molar-refractivity contribution >= 4 is 29.3 Å². The van der Waals surface area contributed by atoms with E-state index in [-0.39, 0.29) is 12.8 Å². The summed E-state index contributed by atoms with van der Waals surface area (Å²) < 4.78 is 5.81. The Morgan fingerprint density at radius 3 is 2.50 bits per heavy atom. The molecule has 0 aliphatic rings. The number of nitrogens with zero attached hydrogens (tertiary/aromatic N) is 1. The van der Waals surface area contributed by atoms with Gasteiger partial charge in [0.2, 0.25) is 0 Å². The summed E-state index contributed by atoms with van der Waals surface area (Å²) >= 11 is 7.33. The molecule has 0 amide bonds. The van der Waals surface area contributed by atoms with Gasteiger partial charge in [-0.15, -0.1) is 0 Å². The summed E-state index contributed by atoms with van der Waals surface area (Å²) in [7, 11) is 0. The molecule has 6 heteroatoms. The molecule has 0 spiro atoms. The van der Waals surface area contributed by atoms with Crippen LogP contribution >= 0.6 is 23.4 Å². The number of carbonyl (C=O) groups is 1. The number of aryl methyl sites for hydroxylation is 1. The first kappa shape index (κ1) is 16.6. The SMILES string of the molecule is O=C(O)CCc1oc(Sc2ccccc2)nc1-c1ccc(Cl)cc1. The van der Waals surface area contributed by atoms with Crippen LogP contribution in [0.4, 0.5) is 0 Å². The lowest BCUT2D eigenvalue weighted by atomic mass is 10.1. The first-order chi connectivity index (χ1) is 11.6. The average Bonchev–Trinajstić information content (AvgIpc) is 2.97. The van der Waals surface area contributed by atoms with E-state index in [1.165, 1.54) is 11.8 Å². The zero-order valence-electron chi connectivity index (χ0n) is 12.6. The minimum absolute atomic E-state index is 0.00870. The zero-order valence-corrected chi connectivity index (χ0v) is 14.2. The van der Waals surface area contributed by atoms with Gasteiger partial charge in [-0.25, -0.2) is 4.98 Å². The molecule has 0 radical (unpaired) electrons. The molecule has 0 aliphatic heterocycles. The summed E-state index contributed by atoms with van der Waals surface area (Å²) in [6.45, 7) is 0. The predicted molar refractivity (Wildman–Crippen MR) is 93.5 cm³/mol. The fourth-order valence-electron chi connectivity index (χ4n) is 2.19. The van der Waals surface area contributed by atoms with Crippen molar-refractivity contribution in [2.24, 2.45) is 0 Å². The predicted octanol–water partition coefficient (Wildman–Crippen LogP) is 5.16. The number of aromatic nitrogens is 1. The standard InChI is InChI=1S/C18H14ClNO3S/c19-13-8-6-12(7-9-13)17-15(10-11-16(21)22)23-18(20-17)24-14-4-2-1-3-5-14/h1-9H,10-11H2,(H,21,22). The van der Waals surface area contributed by atoms with Crippen LogP contribution in [-0.2, 0) is 11.2 Å². The number of rotatable bonds is 6. The lowest BCUT2D eigenvalue weighted by Gasteiger charge is -2.00. The molecule has 1 N–H and O–H groups in total. The second kappa shape index (κ2) is 7.55. The molecule has 3 aromatic rings. The third kappa shape index (κ3) is 4.19. The first-order valence-corrected chi connectivity index (χ1v) is 8.51. The van der Waals surface area contributed by atoms with E-state index in [9.17, 15) is 4.79 Å². The van der Waals surface area contributed by atoms with Crippen molar-refractivity contribution < 1.29 is 14.3 Å². The van der Waals surface area contributed by atoms with Crippen LogP contribution in [0.1, 0.15) is 12.2 Å². The number of hydrogen-bond acceptors (Lipinski definition) is 4. The van der Waals surface area contributed by atoms with Gasteiger partial charge in [-0.05, 0) is 36.0 Å². The number of benzene rings is 2. The lowest BCUT2D eigenvalue weighted by molar-refractivity contribution is -0.137. The van der Waals surface area contributed by atoms with Crippen molar-refractivity contribution in [3.63, 3.8) is 0 Å². The smallest absolute Gasteiger partial charge is 0.303 e. The highest BCUT2D eigenvalue weighted by atomic mass is 35.5. The molecular weight excluding hydrogens is 346 g/mol. The Morgan fingerprint density at radius 1 is 1.12 bits per heavy atom. The molecule has 4 nitrogen and oxygen atoms in total. The molecule has 0 unspecified atom stereocenters. The van der Waals surface area contributed by atoms with Gasteiger partial charge in [0.05, 0.1) is 6.42 Å². The van der Waals surface area contributed by atoms with Crippen LogP contribution in [0.5, 0.6) is 0 Å². The van der Waals surface area contributed by atoms with E-state index >= 15 is 0 Å². The minimum Gasteiger partial charge on any atom is -0.481 e. The number of carboxylic acid groups (broad SMARTS) is 1. The van der Waals surface area contributed by atoms with Gasteiger partial charge in [-0.2, -0.15) is 0 Å². The molecule has 0 saturated heterocycles. The van der Waals surface area contributed by atoms with E-state index < -0.39 is 5.97 Å². The van der Waals surface area contributed by atoms with Gasteiger partial charge in [0.1, 0.15) is 11.5 Å². The maximum absolute atomic E-state index is 10.9. The van der Waals surface area contributed by atoms with E-state index in [4.69, 9.17) is 21.1 Å². The van der Waals surface area contributed by atoms with Crippen LogP contribution in [0.15, 0.2) is 69.1 Å². The minimum atomic E-state index is -0.870. The van der Waals surface area contributed by atoms with Crippen molar-refractivity contribution in [2.45, 2.75) is 23.0 Å². The van der Waals surface area contributed by atoms with Crippen molar-refractivity contribution in [3.8, 4) is 11.3 Å². The Labute approximate surface area is 148 Å². The largest absolute Gasteiger partial charge is 0.481 e. The fourth-order valence-corrected chi connectivity index (χ4v) is 3.09. The van der Waals surface area contributed by atoms with Gasteiger partial charge >= 0.3 is 5.97 Å². The molecule has 2 aromatic carbocycles. The van der Waals surface area contributed by atoms with Crippen molar-refractivity contribution in [1.29, 1.82) is 0 Å². The first-order valence-electron chi connectivity index (χ1n) is 7.32. The van der Waals surface area contributed by atoms with Crippen LogP contribution in [-0.4, -0.2) is 16.1 Å². The van der Waals surface area contributed by atoms with Gasteiger partial charge in [-0.3, -0.25) is 4.79 Å². The van der Waals surface area contributed by atoms with Gasteiger partial charge in [0.15, 0.2) is 0 Å². The summed E-state index contributed by atoms with van der Waals surface area (Å²) in [5.74, 6) is -0.302. The molecule has 1 aromatic heterocycles. The third-order valence-corrected chi connectivity index (χ3v) is 4.42. The zero-order chi connectivity index (χ0) is 16.9. The van der Waals surface area contributed by atoms with Crippen LogP contribution in [0.2, 0.25) is 5.02 Å². The summed E-state index contributed by atoms with van der Waals surface area (Å²) in [6.07, 6.45) is 0.279. The maximum Gasteiger partial charge on any atom is 0.303 e. The molecule has 0 bridgehead atoms. The number of hydrogen-bond donors (Lipinski definition) is 1. The Balaban J connectivity index is 1.92. The van der Waals surface area contributed by atoms with Crippen LogP contribution in [0.3, 0.4) is 0 Å². The number of aliphatic carboxylic acids is 1. The molecular formula is C18H14ClNO3S. The molecule has 122 valence electrons. The average molecular weight is 360 g/mol. The molecule has 0 fully saturated rings. The van der Waals surface area contributed by atoms with Gasteiger partial charge in [0, 0.05) is 21.9 Å². The lowest BCUT2D eigenvalue weighted by Crippen LogP contribution is -1.97. The van der Waals surface area contributed by atoms with Crippen molar-refractivity contribution in [1.82, 2.24) is 4.98 Å². The fraction of sp³-hybridized carbons (Fsp3) is 0.111. The normalized spacial score (nSPS) is 10.7. The van der Waals surface area contributed by atoms with Crippen LogP contribution < -0.4 is 0 Å². The molecule has 0 aliphatic carbocycles. The molecule has 24 heavy (non-hydrogen) atoms. The number of oxazole rings is 1.